The van der Waals surface area contributed by atoms with Crippen LogP contribution in [0.5, 0.6) is 0 Å². The van der Waals surface area contributed by atoms with Gasteiger partial charge in [0.05, 0.1) is 11.4 Å². The zero-order chi connectivity index (χ0) is 18.9. The van der Waals surface area contributed by atoms with E-state index in [9.17, 15) is 4.79 Å². The predicted molar refractivity (Wildman–Crippen MR) is 112 cm³/mol. The Morgan fingerprint density at radius 1 is 1.26 bits per heavy atom. The normalized spacial score (nSPS) is 11.1. The van der Waals surface area contributed by atoms with Crippen molar-refractivity contribution >= 4 is 35.5 Å². The van der Waals surface area contributed by atoms with E-state index in [1.165, 1.54) is 16.9 Å². The van der Waals surface area contributed by atoms with Crippen molar-refractivity contribution in [1.29, 1.82) is 0 Å². The van der Waals surface area contributed by atoms with Gasteiger partial charge in [-0.15, -0.1) is 23.7 Å². The van der Waals surface area contributed by atoms with Crippen LogP contribution in [0.1, 0.15) is 47.5 Å². The van der Waals surface area contributed by atoms with Crippen molar-refractivity contribution in [3.8, 4) is 5.69 Å². The zero-order valence-corrected chi connectivity index (χ0v) is 17.4. The molecule has 6 nitrogen and oxygen atoms in total. The van der Waals surface area contributed by atoms with E-state index >= 15 is 0 Å². The fourth-order valence-corrected chi connectivity index (χ4v) is 3.06. The average Bonchev–Trinajstić information content (AvgIpc) is 3.22. The van der Waals surface area contributed by atoms with Gasteiger partial charge in [-0.05, 0) is 19.1 Å². The highest BCUT2D eigenvalue weighted by molar-refractivity contribution is 7.09. The van der Waals surface area contributed by atoms with E-state index in [0.29, 0.717) is 18.1 Å². The fraction of sp³-hybridized carbons (Fsp3) is 0.316. The minimum atomic E-state index is -0.269. The highest BCUT2D eigenvalue weighted by Crippen LogP contribution is 2.27. The Morgan fingerprint density at radius 3 is 2.48 bits per heavy atom. The highest BCUT2D eigenvalue weighted by atomic mass is 35.5. The second-order valence-corrected chi connectivity index (χ2v) is 8.14. The molecule has 0 spiro atoms. The quantitative estimate of drug-likeness (QED) is 0.685. The molecule has 0 unspecified atom stereocenters. The number of benzene rings is 1. The van der Waals surface area contributed by atoms with E-state index in [0.717, 1.165) is 16.4 Å². The molecule has 144 valence electrons. The molecule has 0 aliphatic rings. The number of carbonyl (C=O) groups is 1. The summed E-state index contributed by atoms with van der Waals surface area (Å²) < 4.78 is 1.76. The largest absolute Gasteiger partial charge is 0.325 e. The van der Waals surface area contributed by atoms with Crippen molar-refractivity contribution in [1.82, 2.24) is 14.8 Å². The van der Waals surface area contributed by atoms with Crippen LogP contribution in [0.2, 0.25) is 0 Å². The molecule has 1 aromatic carbocycles. The topological polar surface area (TPSA) is 85.8 Å². The van der Waals surface area contributed by atoms with Crippen LogP contribution >= 0.6 is 23.7 Å². The van der Waals surface area contributed by atoms with Gasteiger partial charge in [-0.3, -0.25) is 4.79 Å². The van der Waals surface area contributed by atoms with Crippen LogP contribution in [-0.2, 0) is 12.0 Å². The van der Waals surface area contributed by atoms with Crippen molar-refractivity contribution in [3.63, 3.8) is 0 Å². The summed E-state index contributed by atoms with van der Waals surface area (Å²) in [7, 11) is 0. The van der Waals surface area contributed by atoms with E-state index in [-0.39, 0.29) is 23.7 Å². The maximum absolute atomic E-state index is 12.6. The van der Waals surface area contributed by atoms with Gasteiger partial charge in [-0.1, -0.05) is 38.5 Å². The maximum atomic E-state index is 12.6. The number of amides is 1. The van der Waals surface area contributed by atoms with Gasteiger partial charge in [-0.25, -0.2) is 9.67 Å². The van der Waals surface area contributed by atoms with Gasteiger partial charge in [-0.2, -0.15) is 5.10 Å². The molecule has 0 atom stereocenters. The molecule has 3 N–H and O–H groups in total. The second kappa shape index (κ2) is 8.21. The number of carbonyl (C=O) groups excluding carboxylic acids is 1. The number of halogens is 1. The summed E-state index contributed by atoms with van der Waals surface area (Å²) in [5.74, 6) is 0.348. The summed E-state index contributed by atoms with van der Waals surface area (Å²) in [5.41, 5.74) is 8.77. The Labute approximate surface area is 169 Å². The fourth-order valence-electron chi connectivity index (χ4n) is 2.41. The van der Waals surface area contributed by atoms with Gasteiger partial charge >= 0.3 is 0 Å². The van der Waals surface area contributed by atoms with Crippen LogP contribution < -0.4 is 11.1 Å². The Balaban J connectivity index is 0.00000261. The lowest BCUT2D eigenvalue weighted by Crippen LogP contribution is -2.16. The summed E-state index contributed by atoms with van der Waals surface area (Å²) in [6.07, 6.45) is 0. The first-order valence-electron chi connectivity index (χ1n) is 8.41. The van der Waals surface area contributed by atoms with Crippen LogP contribution in [0, 0.1) is 6.92 Å². The molecule has 2 heterocycles. The summed E-state index contributed by atoms with van der Waals surface area (Å²) in [6.45, 7) is 8.64. The standard InChI is InChI=1S/C19H23N5OS.ClH/c1-12-5-7-13(8-6-12)24-16(9-15(23-24)19(2,3)4)22-18(25)14-11-26-17(10-20)21-14;/h5-9,11H,10,20H2,1-4H3,(H,22,25);1H. The number of nitrogens with two attached hydrogens (primary N) is 1. The summed E-state index contributed by atoms with van der Waals surface area (Å²) in [5, 5.41) is 10.1. The third-order valence-corrected chi connectivity index (χ3v) is 4.83. The Kier molecular flexibility index (Phi) is 6.41. The number of hydrogen-bond acceptors (Lipinski definition) is 5. The Hall–Kier alpha value is -2.22. The van der Waals surface area contributed by atoms with Crippen molar-refractivity contribution < 1.29 is 4.79 Å². The average molecular weight is 406 g/mol. The Morgan fingerprint density at radius 2 is 1.93 bits per heavy atom. The molecule has 3 aromatic rings. The van der Waals surface area contributed by atoms with Crippen molar-refractivity contribution in [2.45, 2.75) is 39.7 Å². The van der Waals surface area contributed by atoms with Crippen LogP contribution in [0.25, 0.3) is 5.69 Å². The summed E-state index contributed by atoms with van der Waals surface area (Å²) in [6, 6.07) is 9.92. The van der Waals surface area contributed by atoms with Gasteiger partial charge in [0, 0.05) is 23.4 Å². The number of nitrogens with one attached hydrogen (secondary N) is 1. The molecule has 0 saturated heterocycles. The van der Waals surface area contributed by atoms with Crippen molar-refractivity contribution in [2.24, 2.45) is 5.73 Å². The molecule has 0 aliphatic carbocycles. The summed E-state index contributed by atoms with van der Waals surface area (Å²) >= 11 is 1.38. The molecular formula is C19H24ClN5OS. The molecule has 3 rings (SSSR count). The minimum Gasteiger partial charge on any atom is -0.325 e. The van der Waals surface area contributed by atoms with Gasteiger partial charge in [0.25, 0.3) is 5.91 Å². The highest BCUT2D eigenvalue weighted by Gasteiger charge is 2.22. The van der Waals surface area contributed by atoms with Crippen LogP contribution in [0.4, 0.5) is 5.82 Å². The third kappa shape index (κ3) is 4.74. The number of hydrogen-bond donors (Lipinski definition) is 2. The van der Waals surface area contributed by atoms with Gasteiger partial charge in [0.2, 0.25) is 0 Å². The lowest BCUT2D eigenvalue weighted by Gasteiger charge is -2.14. The van der Waals surface area contributed by atoms with E-state index in [1.54, 1.807) is 10.1 Å². The number of rotatable bonds is 4. The van der Waals surface area contributed by atoms with Gasteiger partial charge < -0.3 is 11.1 Å². The Bertz CT molecular complexity index is 924. The first-order chi connectivity index (χ1) is 12.3. The molecule has 0 radical (unpaired) electrons. The van der Waals surface area contributed by atoms with E-state index < -0.39 is 0 Å². The third-order valence-electron chi connectivity index (χ3n) is 3.96. The second-order valence-electron chi connectivity index (χ2n) is 7.20. The number of nitrogens with zero attached hydrogens (tertiary/aromatic N) is 3. The zero-order valence-electron chi connectivity index (χ0n) is 15.8. The van der Waals surface area contributed by atoms with E-state index in [4.69, 9.17) is 10.8 Å². The molecule has 0 saturated carbocycles. The number of aromatic nitrogens is 3. The minimum absolute atomic E-state index is 0. The molecular weight excluding hydrogens is 382 g/mol. The number of aryl methyl sites for hydroxylation is 1. The van der Waals surface area contributed by atoms with Gasteiger partial charge in [0.1, 0.15) is 16.5 Å². The van der Waals surface area contributed by atoms with Crippen molar-refractivity contribution in [2.75, 3.05) is 5.32 Å². The molecule has 0 aliphatic heterocycles. The molecule has 0 fully saturated rings. The van der Waals surface area contributed by atoms with Crippen LogP contribution in [0.15, 0.2) is 35.7 Å². The first-order valence-corrected chi connectivity index (χ1v) is 9.29. The molecule has 27 heavy (non-hydrogen) atoms. The van der Waals surface area contributed by atoms with Crippen LogP contribution in [-0.4, -0.2) is 20.7 Å². The summed E-state index contributed by atoms with van der Waals surface area (Å²) in [4.78, 5) is 16.8. The monoisotopic (exact) mass is 405 g/mol. The van der Waals surface area contributed by atoms with Crippen molar-refractivity contribution in [3.05, 3.63) is 57.7 Å². The molecule has 1 amide bonds. The lowest BCUT2D eigenvalue weighted by atomic mass is 9.92. The number of thiazole rings is 1. The first kappa shape index (κ1) is 21.1. The van der Waals surface area contributed by atoms with Crippen LogP contribution in [0.3, 0.4) is 0 Å². The maximum Gasteiger partial charge on any atom is 0.276 e. The lowest BCUT2D eigenvalue weighted by molar-refractivity contribution is 0.102. The van der Waals surface area contributed by atoms with E-state index in [1.807, 2.05) is 37.3 Å². The SMILES string of the molecule is Cc1ccc(-n2nc(C(C)(C)C)cc2NC(=O)c2csc(CN)n2)cc1.Cl. The van der Waals surface area contributed by atoms with E-state index in [2.05, 4.69) is 31.1 Å². The molecule has 8 heteroatoms. The smallest absolute Gasteiger partial charge is 0.276 e. The molecule has 0 bridgehead atoms. The predicted octanol–water partition coefficient (Wildman–Crippen LogP) is 4.07. The number of anilines is 1. The molecule has 2 aromatic heterocycles. The van der Waals surface area contributed by atoms with Gasteiger partial charge in [0.15, 0.2) is 0 Å².